The first-order valence-electron chi connectivity index (χ1n) is 3.44. The van der Waals surface area contributed by atoms with Gasteiger partial charge < -0.3 is 11.1 Å². The molecule has 13 heavy (non-hydrogen) atoms. The number of nitrogens with one attached hydrogen (secondary N) is 1. The van der Waals surface area contributed by atoms with Crippen LogP contribution in [0.1, 0.15) is 11.1 Å². The third-order valence-corrected chi connectivity index (χ3v) is 2.66. The smallest absolute Gasteiger partial charge is 0.0190 e. The molecule has 0 amide bonds. The van der Waals surface area contributed by atoms with Crippen LogP contribution in [0.15, 0.2) is 16.6 Å². The van der Waals surface area contributed by atoms with Crippen molar-refractivity contribution >= 4 is 21.6 Å². The van der Waals surface area contributed by atoms with E-state index in [-0.39, 0.29) is 88.1 Å². The van der Waals surface area contributed by atoms with Crippen LogP contribution in [0.3, 0.4) is 0 Å². The van der Waals surface area contributed by atoms with Gasteiger partial charge in [0.1, 0.15) is 0 Å². The van der Waals surface area contributed by atoms with E-state index >= 15 is 0 Å². The molecule has 0 saturated carbocycles. The molecule has 0 spiro atoms. The SMILES string of the molecule is [Ac].[Ac].[NH-]c1ccc(Br)c2c1C[N-]C2. The molecular weight excluding hydrogens is 658 g/mol. The zero-order chi connectivity index (χ0) is 7.84. The van der Waals surface area contributed by atoms with Gasteiger partial charge in [-0.3, -0.25) is 0 Å². The Hall–Kier alpha value is 2.34. The van der Waals surface area contributed by atoms with Gasteiger partial charge in [0.15, 0.2) is 0 Å². The Bertz CT molecular complexity index is 275. The molecule has 1 aliphatic heterocycles. The van der Waals surface area contributed by atoms with Gasteiger partial charge in [-0.1, -0.05) is 33.1 Å². The topological polar surface area (TPSA) is 37.9 Å². The van der Waals surface area contributed by atoms with Crippen molar-refractivity contribution in [3.05, 3.63) is 38.8 Å². The van der Waals surface area contributed by atoms with Gasteiger partial charge in [-0.15, -0.1) is 18.8 Å². The standard InChI is InChI=1S/C8H7BrN2.2Ac/c9-7-1-2-8(10)6-4-11-3-5(6)7;;/h1-2,10H,3-4H2;;/q-2;;. The van der Waals surface area contributed by atoms with E-state index in [0.29, 0.717) is 12.2 Å². The molecule has 0 saturated heterocycles. The minimum Gasteiger partial charge on any atom is -0.699 e. The molecule has 0 fully saturated rings. The summed E-state index contributed by atoms with van der Waals surface area (Å²) in [6.07, 6.45) is 0. The summed E-state index contributed by atoms with van der Waals surface area (Å²) in [5.41, 5.74) is 10.5. The van der Waals surface area contributed by atoms with Crippen LogP contribution in [0.4, 0.5) is 5.69 Å². The fraction of sp³-hybridized carbons (Fsp3) is 0.250. The summed E-state index contributed by atoms with van der Waals surface area (Å²) in [4.78, 5) is 0. The Balaban J connectivity index is 0.000000720. The van der Waals surface area contributed by atoms with Gasteiger partial charge in [0.05, 0.1) is 0 Å². The van der Waals surface area contributed by atoms with Crippen molar-refractivity contribution in [2.45, 2.75) is 13.1 Å². The molecule has 1 aromatic rings. The Morgan fingerprint density at radius 1 is 1.15 bits per heavy atom. The van der Waals surface area contributed by atoms with E-state index < -0.39 is 0 Å². The van der Waals surface area contributed by atoms with Crippen molar-refractivity contribution in [2.75, 3.05) is 0 Å². The van der Waals surface area contributed by atoms with Crippen LogP contribution in [0, 0.1) is 88.1 Å². The summed E-state index contributed by atoms with van der Waals surface area (Å²) in [7, 11) is 0. The molecule has 0 atom stereocenters. The first kappa shape index (κ1) is 15.3. The molecule has 0 aromatic heterocycles. The van der Waals surface area contributed by atoms with Crippen LogP contribution in [0.2, 0.25) is 0 Å². The molecule has 1 aliphatic rings. The second kappa shape index (κ2) is 6.83. The molecule has 0 unspecified atom stereocenters. The quantitative estimate of drug-likeness (QED) is 0.408. The first-order chi connectivity index (χ1) is 5.29. The Morgan fingerprint density at radius 2 is 1.77 bits per heavy atom. The predicted octanol–water partition coefficient (Wildman–Crippen LogP) is 3.52. The zero-order valence-corrected chi connectivity index (χ0v) is 18.1. The third-order valence-electron chi connectivity index (χ3n) is 1.91. The van der Waals surface area contributed by atoms with E-state index in [4.69, 9.17) is 5.73 Å². The number of rotatable bonds is 0. The number of nitrogens with zero attached hydrogens (tertiary/aromatic N) is 1. The van der Waals surface area contributed by atoms with Gasteiger partial charge in [-0.05, 0) is 6.07 Å². The van der Waals surface area contributed by atoms with Crippen molar-refractivity contribution in [2.24, 2.45) is 0 Å². The van der Waals surface area contributed by atoms with Gasteiger partial charge in [-0.25, -0.2) is 0 Å². The summed E-state index contributed by atoms with van der Waals surface area (Å²) in [6.45, 7) is 1.48. The fourth-order valence-corrected chi connectivity index (χ4v) is 1.79. The molecule has 1 N–H and O–H groups in total. The molecule has 0 aliphatic carbocycles. The van der Waals surface area contributed by atoms with Gasteiger partial charge in [-0.2, -0.15) is 0 Å². The van der Waals surface area contributed by atoms with Gasteiger partial charge in [0, 0.05) is 92.6 Å². The number of hydrogen-bond donors (Lipinski definition) is 0. The summed E-state index contributed by atoms with van der Waals surface area (Å²) < 4.78 is 1.09. The molecule has 5 heteroatoms. The largest absolute Gasteiger partial charge is 0.699 e. The van der Waals surface area contributed by atoms with E-state index in [9.17, 15) is 0 Å². The van der Waals surface area contributed by atoms with Crippen molar-refractivity contribution in [3.8, 4) is 0 Å². The molecule has 2 nitrogen and oxygen atoms in total. The maximum Gasteiger partial charge on any atom is 0.0190 e. The minimum atomic E-state index is 0. The minimum absolute atomic E-state index is 0. The van der Waals surface area contributed by atoms with E-state index in [1.54, 1.807) is 0 Å². The van der Waals surface area contributed by atoms with E-state index in [2.05, 4.69) is 21.2 Å². The first-order valence-corrected chi connectivity index (χ1v) is 4.23. The van der Waals surface area contributed by atoms with Gasteiger partial charge >= 0.3 is 0 Å². The average Bonchev–Trinajstić information content (AvgIpc) is 2.45. The normalized spacial score (nSPS) is 12.7. The van der Waals surface area contributed by atoms with Gasteiger partial charge in [0.25, 0.3) is 0 Å². The number of hydrogen-bond acceptors (Lipinski definition) is 0. The van der Waals surface area contributed by atoms with Crippen LogP contribution in [0.5, 0.6) is 0 Å². The Morgan fingerprint density at radius 3 is 2.38 bits per heavy atom. The van der Waals surface area contributed by atoms with Crippen LogP contribution in [0.25, 0.3) is 11.1 Å². The molecule has 64 valence electrons. The van der Waals surface area contributed by atoms with E-state index in [1.807, 2.05) is 12.1 Å². The molecule has 2 rings (SSSR count). The van der Waals surface area contributed by atoms with E-state index in [1.165, 1.54) is 5.56 Å². The maximum absolute atomic E-state index is 7.57. The Labute approximate surface area is 158 Å². The van der Waals surface area contributed by atoms with Crippen molar-refractivity contribution in [1.29, 1.82) is 0 Å². The number of benzene rings is 1. The van der Waals surface area contributed by atoms with Crippen LogP contribution >= 0.6 is 15.9 Å². The maximum atomic E-state index is 7.57. The van der Waals surface area contributed by atoms with Crippen LogP contribution < -0.4 is 0 Å². The molecule has 1 heterocycles. The molecular formula is C8H7Ac2BrN2-2. The average molecular weight is 665 g/mol. The second-order valence-electron chi connectivity index (χ2n) is 2.59. The summed E-state index contributed by atoms with van der Waals surface area (Å²) in [6, 6.07) is 3.73. The van der Waals surface area contributed by atoms with Crippen LogP contribution in [-0.2, 0) is 13.1 Å². The molecule has 0 bridgehead atoms. The van der Waals surface area contributed by atoms with Crippen molar-refractivity contribution in [3.63, 3.8) is 0 Å². The summed E-state index contributed by atoms with van der Waals surface area (Å²) in [5, 5.41) is 4.22. The third kappa shape index (κ3) is 3.40. The zero-order valence-electron chi connectivity index (χ0n) is 7.05. The number of halogens is 1. The van der Waals surface area contributed by atoms with Crippen molar-refractivity contribution in [1.82, 2.24) is 0 Å². The van der Waals surface area contributed by atoms with Crippen molar-refractivity contribution < 1.29 is 88.1 Å². The second-order valence-corrected chi connectivity index (χ2v) is 3.45. The van der Waals surface area contributed by atoms with Gasteiger partial charge in [0.2, 0.25) is 0 Å². The van der Waals surface area contributed by atoms with E-state index in [0.717, 1.165) is 16.6 Å². The number of fused-ring (bicyclic) bond motifs is 1. The summed E-state index contributed by atoms with van der Waals surface area (Å²) in [5.74, 6) is 0. The van der Waals surface area contributed by atoms with Crippen LogP contribution in [-0.4, -0.2) is 0 Å². The molecule has 2 radical (unpaired) electrons. The monoisotopic (exact) mass is 664 g/mol. The fourth-order valence-electron chi connectivity index (χ4n) is 1.30. The molecule has 1 aromatic carbocycles. The summed E-state index contributed by atoms with van der Waals surface area (Å²) >= 11 is 3.44. The Kier molecular flexibility index (Phi) is 8.06. The predicted molar refractivity (Wildman–Crippen MR) is 48.9 cm³/mol.